The molecule has 0 aliphatic carbocycles. The Bertz CT molecular complexity index is 1210. The van der Waals surface area contributed by atoms with Crippen molar-refractivity contribution in [2.24, 2.45) is 0 Å². The molecule has 0 radical (unpaired) electrons. The molecule has 0 rings (SSSR count). The standard InChI is InChI=1S/C61H108O6/c1-4-7-10-13-16-18-20-22-24-25-26-27-28-29-30-31-32-33-34-35-36-38-39-41-43-45-48-51-54-60(63)66-57-58(56-65-59(62)53-50-47-15-12-9-6-3)67-61(64)55-52-49-46-44-42-40-37-23-21-19-17-14-11-8-5-2/h8,11,17,19,23,37,42,44,49,52,58H,4-7,9-10,12-16,18,20-22,24-36,38-41,43,45-48,50-51,53-57H2,1-3H3/b11-8-,19-17-,37-23-,44-42-,52-49-. The normalized spacial score (nSPS) is 12.5. The molecule has 6 heteroatoms. The average molecular weight is 938 g/mol. The molecule has 6 nitrogen and oxygen atoms in total. The fraction of sp³-hybridized carbons (Fsp3) is 0.787. The van der Waals surface area contributed by atoms with Crippen LogP contribution in [0.2, 0.25) is 0 Å². The van der Waals surface area contributed by atoms with Gasteiger partial charge in [0, 0.05) is 12.8 Å². The number of carbonyl (C=O) groups excluding carboxylic acids is 3. The summed E-state index contributed by atoms with van der Waals surface area (Å²) >= 11 is 0. The molecule has 0 aliphatic rings. The zero-order valence-electron chi connectivity index (χ0n) is 44.4. The topological polar surface area (TPSA) is 78.9 Å². The molecule has 0 amide bonds. The largest absolute Gasteiger partial charge is 0.462 e. The van der Waals surface area contributed by atoms with Gasteiger partial charge >= 0.3 is 17.9 Å². The minimum Gasteiger partial charge on any atom is -0.462 e. The summed E-state index contributed by atoms with van der Waals surface area (Å²) in [6, 6.07) is 0. The first kappa shape index (κ1) is 64.1. The molecule has 0 spiro atoms. The maximum absolute atomic E-state index is 12.7. The van der Waals surface area contributed by atoms with E-state index in [1.807, 2.05) is 6.08 Å². The van der Waals surface area contributed by atoms with Crippen LogP contribution in [0.3, 0.4) is 0 Å². The number of hydrogen-bond donors (Lipinski definition) is 0. The lowest BCUT2D eigenvalue weighted by Gasteiger charge is -2.18. The highest BCUT2D eigenvalue weighted by atomic mass is 16.6. The minimum atomic E-state index is -0.823. The van der Waals surface area contributed by atoms with Crippen LogP contribution in [0, 0.1) is 0 Å². The predicted molar refractivity (Wildman–Crippen MR) is 288 cm³/mol. The van der Waals surface area contributed by atoms with E-state index >= 15 is 0 Å². The lowest BCUT2D eigenvalue weighted by molar-refractivity contribution is -0.166. The van der Waals surface area contributed by atoms with Crippen LogP contribution in [0.15, 0.2) is 60.8 Å². The Kier molecular flexibility index (Phi) is 53.3. The minimum absolute atomic E-state index is 0.101. The van der Waals surface area contributed by atoms with E-state index in [2.05, 4.69) is 69.4 Å². The third-order valence-electron chi connectivity index (χ3n) is 12.6. The van der Waals surface area contributed by atoms with E-state index < -0.39 is 12.1 Å². The van der Waals surface area contributed by atoms with Crippen LogP contribution < -0.4 is 0 Å². The van der Waals surface area contributed by atoms with Gasteiger partial charge in [0.05, 0.1) is 6.42 Å². The zero-order chi connectivity index (χ0) is 48.6. The fourth-order valence-electron chi connectivity index (χ4n) is 8.28. The highest BCUT2D eigenvalue weighted by Crippen LogP contribution is 2.17. The van der Waals surface area contributed by atoms with E-state index in [0.717, 1.165) is 70.6 Å². The van der Waals surface area contributed by atoms with Gasteiger partial charge in [0.25, 0.3) is 0 Å². The molecule has 0 N–H and O–H groups in total. The summed E-state index contributed by atoms with van der Waals surface area (Å²) in [5.41, 5.74) is 0. The smallest absolute Gasteiger partial charge is 0.310 e. The number of ether oxygens (including phenoxy) is 3. The summed E-state index contributed by atoms with van der Waals surface area (Å²) in [5.74, 6) is -1.04. The van der Waals surface area contributed by atoms with E-state index in [9.17, 15) is 14.4 Å². The van der Waals surface area contributed by atoms with Gasteiger partial charge in [-0.3, -0.25) is 14.4 Å². The van der Waals surface area contributed by atoms with Gasteiger partial charge in [0.2, 0.25) is 0 Å². The summed E-state index contributed by atoms with van der Waals surface area (Å²) < 4.78 is 16.6. The SMILES string of the molecule is CC/C=C\C/C=C\C/C=C\C/C=C\C/C=C\CC(=O)OC(COC(=O)CCCCCCCC)COC(=O)CCCCCCCCCCCCCCCCCCCCCCCCCCCCCC. The molecule has 0 saturated heterocycles. The molecular weight excluding hydrogens is 829 g/mol. The van der Waals surface area contributed by atoms with Crippen molar-refractivity contribution < 1.29 is 28.6 Å². The van der Waals surface area contributed by atoms with Crippen molar-refractivity contribution >= 4 is 17.9 Å². The van der Waals surface area contributed by atoms with Crippen molar-refractivity contribution in [3.8, 4) is 0 Å². The second-order valence-electron chi connectivity index (χ2n) is 19.2. The third kappa shape index (κ3) is 53.9. The van der Waals surface area contributed by atoms with E-state index in [0.29, 0.717) is 12.8 Å². The lowest BCUT2D eigenvalue weighted by atomic mass is 10.0. The molecule has 0 fully saturated rings. The number of unbranched alkanes of at least 4 members (excludes halogenated alkanes) is 32. The number of esters is 3. The van der Waals surface area contributed by atoms with Gasteiger partial charge in [-0.2, -0.15) is 0 Å². The van der Waals surface area contributed by atoms with Crippen molar-refractivity contribution in [2.45, 2.75) is 297 Å². The fourth-order valence-corrected chi connectivity index (χ4v) is 8.28. The maximum atomic E-state index is 12.7. The second kappa shape index (κ2) is 55.7. The third-order valence-corrected chi connectivity index (χ3v) is 12.6. The molecule has 0 bridgehead atoms. The van der Waals surface area contributed by atoms with E-state index in [1.165, 1.54) is 180 Å². The highest BCUT2D eigenvalue weighted by Gasteiger charge is 2.19. The summed E-state index contributed by atoms with van der Waals surface area (Å²) in [7, 11) is 0. The van der Waals surface area contributed by atoms with Crippen LogP contribution in [0.1, 0.15) is 290 Å². The second-order valence-corrected chi connectivity index (χ2v) is 19.2. The van der Waals surface area contributed by atoms with Crippen LogP contribution in [0.25, 0.3) is 0 Å². The summed E-state index contributed by atoms with van der Waals surface area (Å²) in [6.45, 7) is 6.40. The van der Waals surface area contributed by atoms with Gasteiger partial charge < -0.3 is 14.2 Å². The van der Waals surface area contributed by atoms with Crippen molar-refractivity contribution in [1.29, 1.82) is 0 Å². The Morgan fingerprint density at radius 3 is 0.851 bits per heavy atom. The quantitative estimate of drug-likeness (QED) is 0.0262. The summed E-state index contributed by atoms with van der Waals surface area (Å²) in [6.07, 6.45) is 70.1. The molecule has 0 aromatic heterocycles. The van der Waals surface area contributed by atoms with Gasteiger partial charge in [-0.25, -0.2) is 0 Å². The van der Waals surface area contributed by atoms with Crippen molar-refractivity contribution in [3.05, 3.63) is 60.8 Å². The van der Waals surface area contributed by atoms with Gasteiger partial charge in [-0.1, -0.05) is 287 Å². The van der Waals surface area contributed by atoms with Crippen molar-refractivity contribution in [3.63, 3.8) is 0 Å². The van der Waals surface area contributed by atoms with Crippen LogP contribution in [0.5, 0.6) is 0 Å². The number of carbonyl (C=O) groups is 3. The zero-order valence-corrected chi connectivity index (χ0v) is 44.4. The molecule has 67 heavy (non-hydrogen) atoms. The number of hydrogen-bond acceptors (Lipinski definition) is 6. The molecule has 388 valence electrons. The maximum Gasteiger partial charge on any atom is 0.310 e. The Balaban J connectivity index is 4.07. The van der Waals surface area contributed by atoms with Gasteiger partial charge in [0.1, 0.15) is 13.2 Å². The van der Waals surface area contributed by atoms with E-state index in [-0.39, 0.29) is 31.6 Å². The molecule has 0 aromatic carbocycles. The van der Waals surface area contributed by atoms with E-state index in [1.54, 1.807) is 6.08 Å². The van der Waals surface area contributed by atoms with Crippen LogP contribution >= 0.6 is 0 Å². The summed E-state index contributed by atoms with van der Waals surface area (Å²) in [4.78, 5) is 37.7. The lowest BCUT2D eigenvalue weighted by Crippen LogP contribution is -2.30. The first-order chi connectivity index (χ1) is 33.0. The Labute approximate surface area is 415 Å². The van der Waals surface area contributed by atoms with Crippen LogP contribution in [0.4, 0.5) is 0 Å². The van der Waals surface area contributed by atoms with E-state index in [4.69, 9.17) is 14.2 Å². The van der Waals surface area contributed by atoms with Crippen molar-refractivity contribution in [1.82, 2.24) is 0 Å². The average Bonchev–Trinajstić information content (AvgIpc) is 3.33. The number of allylic oxidation sites excluding steroid dienone is 9. The van der Waals surface area contributed by atoms with Crippen molar-refractivity contribution in [2.75, 3.05) is 13.2 Å². The van der Waals surface area contributed by atoms with Gasteiger partial charge in [-0.05, 0) is 44.9 Å². The molecule has 0 aliphatic heterocycles. The van der Waals surface area contributed by atoms with Gasteiger partial charge in [-0.15, -0.1) is 0 Å². The van der Waals surface area contributed by atoms with Gasteiger partial charge in [0.15, 0.2) is 6.10 Å². The monoisotopic (exact) mass is 937 g/mol. The first-order valence-electron chi connectivity index (χ1n) is 28.8. The molecule has 1 atom stereocenters. The highest BCUT2D eigenvalue weighted by molar-refractivity contribution is 5.72. The predicted octanol–water partition coefficient (Wildman–Crippen LogP) is 19.2. The molecule has 0 saturated carbocycles. The Morgan fingerprint density at radius 1 is 0.313 bits per heavy atom. The Morgan fingerprint density at radius 2 is 0.567 bits per heavy atom. The van der Waals surface area contributed by atoms with Crippen LogP contribution in [-0.2, 0) is 28.6 Å². The number of rotatable bonds is 52. The molecule has 0 aromatic rings. The van der Waals surface area contributed by atoms with Crippen LogP contribution in [-0.4, -0.2) is 37.2 Å². The molecule has 1 unspecified atom stereocenters. The molecular formula is C61H108O6. The molecule has 0 heterocycles. The Hall–Kier alpha value is -2.89. The summed E-state index contributed by atoms with van der Waals surface area (Å²) in [5, 5.41) is 0. The first-order valence-corrected chi connectivity index (χ1v) is 28.8.